The third-order valence-electron chi connectivity index (χ3n) is 6.60. The maximum absolute atomic E-state index is 13.0. The monoisotopic (exact) mass is 391 g/mol. The second kappa shape index (κ2) is 9.58. The van der Waals surface area contributed by atoms with Gasteiger partial charge in [-0.05, 0) is 93.4 Å². The van der Waals surface area contributed by atoms with Gasteiger partial charge in [-0.2, -0.15) is 0 Å². The summed E-state index contributed by atoms with van der Waals surface area (Å²) < 4.78 is 5.73. The summed E-state index contributed by atoms with van der Waals surface area (Å²) in [6.07, 6.45) is 6.41. The van der Waals surface area contributed by atoms with E-state index in [2.05, 4.69) is 48.2 Å². The van der Waals surface area contributed by atoms with Gasteiger partial charge in [-0.15, -0.1) is 0 Å². The highest BCUT2D eigenvalue weighted by Crippen LogP contribution is 2.32. The van der Waals surface area contributed by atoms with Gasteiger partial charge in [0.25, 0.3) is 0 Å². The lowest BCUT2D eigenvalue weighted by Crippen LogP contribution is -2.35. The van der Waals surface area contributed by atoms with Gasteiger partial charge in [0.05, 0.1) is 6.61 Å². The molecule has 154 valence electrons. The van der Waals surface area contributed by atoms with E-state index in [4.69, 9.17) is 4.74 Å². The van der Waals surface area contributed by atoms with Gasteiger partial charge >= 0.3 is 0 Å². The molecule has 1 unspecified atom stereocenters. The van der Waals surface area contributed by atoms with E-state index in [1.165, 1.54) is 24.0 Å². The van der Waals surface area contributed by atoms with Crippen LogP contribution in [0.1, 0.15) is 66.4 Å². The molecule has 1 aliphatic heterocycles. The van der Waals surface area contributed by atoms with Crippen molar-refractivity contribution in [1.82, 2.24) is 4.90 Å². The second-order valence-corrected chi connectivity index (χ2v) is 8.58. The predicted molar refractivity (Wildman–Crippen MR) is 118 cm³/mol. The molecule has 0 N–H and O–H groups in total. The van der Waals surface area contributed by atoms with E-state index < -0.39 is 0 Å². The van der Waals surface area contributed by atoms with Crippen molar-refractivity contribution in [2.45, 2.75) is 51.4 Å². The van der Waals surface area contributed by atoms with Crippen LogP contribution in [0.3, 0.4) is 0 Å². The van der Waals surface area contributed by atoms with Crippen LogP contribution in [0.5, 0.6) is 5.75 Å². The Bertz CT molecular complexity index is 809. The molecule has 1 saturated heterocycles. The van der Waals surface area contributed by atoms with Crippen molar-refractivity contribution >= 4 is 5.78 Å². The first-order valence-electron chi connectivity index (χ1n) is 11.3. The van der Waals surface area contributed by atoms with Crippen molar-refractivity contribution in [3.63, 3.8) is 0 Å². The number of benzene rings is 2. The van der Waals surface area contributed by atoms with E-state index in [0.29, 0.717) is 11.7 Å². The van der Waals surface area contributed by atoms with Crippen LogP contribution in [-0.4, -0.2) is 36.9 Å². The average Bonchev–Trinajstić information content (AvgIpc) is 2.78. The molecule has 3 nitrogen and oxygen atoms in total. The fraction of sp³-hybridized carbons (Fsp3) is 0.500. The van der Waals surface area contributed by atoms with Gasteiger partial charge in [0.1, 0.15) is 5.75 Å². The number of hydrogen-bond acceptors (Lipinski definition) is 3. The first kappa shape index (κ1) is 20.2. The van der Waals surface area contributed by atoms with E-state index in [0.717, 1.165) is 63.2 Å². The predicted octanol–water partition coefficient (Wildman–Crippen LogP) is 5.49. The summed E-state index contributed by atoms with van der Waals surface area (Å²) >= 11 is 0. The SMILES string of the molecule is CCCOc1ccc2c(c1)CCC(CCN1CCC(c3ccccc3)CC1)C2=O. The molecular weight excluding hydrogens is 358 g/mol. The van der Waals surface area contributed by atoms with Crippen molar-refractivity contribution in [2.24, 2.45) is 5.92 Å². The lowest BCUT2D eigenvalue weighted by molar-refractivity contribution is 0.0877. The molecule has 0 aromatic heterocycles. The van der Waals surface area contributed by atoms with Gasteiger partial charge in [0.15, 0.2) is 5.78 Å². The largest absolute Gasteiger partial charge is 0.494 e. The molecule has 0 spiro atoms. The summed E-state index contributed by atoms with van der Waals surface area (Å²) in [7, 11) is 0. The summed E-state index contributed by atoms with van der Waals surface area (Å²) in [5, 5.41) is 0. The van der Waals surface area contributed by atoms with Crippen molar-refractivity contribution in [1.29, 1.82) is 0 Å². The van der Waals surface area contributed by atoms with Crippen LogP contribution in [0.25, 0.3) is 0 Å². The Kier molecular flexibility index (Phi) is 6.66. The summed E-state index contributed by atoms with van der Waals surface area (Å²) in [4.78, 5) is 15.6. The van der Waals surface area contributed by atoms with Gasteiger partial charge < -0.3 is 9.64 Å². The third kappa shape index (κ3) is 4.90. The summed E-state index contributed by atoms with van der Waals surface area (Å²) in [5.41, 5.74) is 3.57. The molecule has 0 bridgehead atoms. The Morgan fingerprint density at radius 2 is 1.83 bits per heavy atom. The molecule has 1 heterocycles. The van der Waals surface area contributed by atoms with Crippen LogP contribution >= 0.6 is 0 Å². The first-order valence-corrected chi connectivity index (χ1v) is 11.3. The molecule has 2 aliphatic rings. The fourth-order valence-electron chi connectivity index (χ4n) is 4.84. The van der Waals surface area contributed by atoms with Crippen LogP contribution in [-0.2, 0) is 6.42 Å². The number of likely N-dealkylation sites (tertiary alicyclic amines) is 1. The number of carbonyl (C=O) groups is 1. The van der Waals surface area contributed by atoms with E-state index >= 15 is 0 Å². The minimum atomic E-state index is 0.178. The van der Waals surface area contributed by atoms with Crippen molar-refractivity contribution in [3.8, 4) is 5.75 Å². The molecule has 4 rings (SSSR count). The first-order chi connectivity index (χ1) is 14.2. The molecular formula is C26H33NO2. The van der Waals surface area contributed by atoms with Crippen LogP contribution in [0.2, 0.25) is 0 Å². The lowest BCUT2D eigenvalue weighted by Gasteiger charge is -2.33. The van der Waals surface area contributed by atoms with E-state index in [9.17, 15) is 4.79 Å². The van der Waals surface area contributed by atoms with Crippen molar-refractivity contribution in [3.05, 3.63) is 65.2 Å². The zero-order valence-corrected chi connectivity index (χ0v) is 17.6. The Hall–Kier alpha value is -2.13. The second-order valence-electron chi connectivity index (χ2n) is 8.58. The minimum absolute atomic E-state index is 0.178. The van der Waals surface area contributed by atoms with Crippen LogP contribution < -0.4 is 4.74 Å². The van der Waals surface area contributed by atoms with E-state index in [1.807, 2.05) is 12.1 Å². The molecule has 3 heteroatoms. The van der Waals surface area contributed by atoms with Crippen molar-refractivity contribution in [2.75, 3.05) is 26.2 Å². The topological polar surface area (TPSA) is 29.5 Å². The number of hydrogen-bond donors (Lipinski definition) is 0. The van der Waals surface area contributed by atoms with Crippen LogP contribution in [0, 0.1) is 5.92 Å². The average molecular weight is 392 g/mol. The smallest absolute Gasteiger partial charge is 0.166 e. The molecule has 2 aromatic rings. The van der Waals surface area contributed by atoms with Crippen LogP contribution in [0.4, 0.5) is 0 Å². The molecule has 2 aromatic carbocycles. The molecule has 0 radical (unpaired) electrons. The third-order valence-corrected chi connectivity index (χ3v) is 6.60. The number of Topliss-reactive ketones (excluding diaryl/α,β-unsaturated/α-hetero) is 1. The van der Waals surface area contributed by atoms with Gasteiger partial charge in [0.2, 0.25) is 0 Å². The molecule has 1 atom stereocenters. The highest BCUT2D eigenvalue weighted by molar-refractivity contribution is 6.00. The van der Waals surface area contributed by atoms with Crippen molar-refractivity contribution < 1.29 is 9.53 Å². The van der Waals surface area contributed by atoms with E-state index in [1.54, 1.807) is 0 Å². The van der Waals surface area contributed by atoms with Gasteiger partial charge in [-0.3, -0.25) is 4.79 Å². The molecule has 29 heavy (non-hydrogen) atoms. The minimum Gasteiger partial charge on any atom is -0.494 e. The molecule has 1 aliphatic carbocycles. The highest BCUT2D eigenvalue weighted by Gasteiger charge is 2.28. The molecule has 0 amide bonds. The maximum Gasteiger partial charge on any atom is 0.166 e. The zero-order chi connectivity index (χ0) is 20.1. The number of piperidine rings is 1. The fourth-order valence-corrected chi connectivity index (χ4v) is 4.84. The number of nitrogens with zero attached hydrogens (tertiary/aromatic N) is 1. The van der Waals surface area contributed by atoms with Gasteiger partial charge in [0, 0.05) is 11.5 Å². The Morgan fingerprint density at radius 1 is 1.03 bits per heavy atom. The maximum atomic E-state index is 13.0. The van der Waals surface area contributed by atoms with Crippen LogP contribution in [0.15, 0.2) is 48.5 Å². The number of aryl methyl sites for hydroxylation is 1. The number of fused-ring (bicyclic) bond motifs is 1. The molecule has 0 saturated carbocycles. The standard InChI is InChI=1S/C26H33NO2/c1-2-18-29-24-10-11-25-23(19-24)9-8-22(26(25)28)14-17-27-15-12-21(13-16-27)20-6-4-3-5-7-20/h3-7,10-11,19,21-22H,2,8-9,12-18H2,1H3. The lowest BCUT2D eigenvalue weighted by atomic mass is 9.80. The van der Waals surface area contributed by atoms with Gasteiger partial charge in [-0.1, -0.05) is 37.3 Å². The quantitative estimate of drug-likeness (QED) is 0.625. The Balaban J connectivity index is 1.27. The Labute approximate surface area is 175 Å². The normalized spacial score (nSPS) is 20.4. The number of ketones is 1. The highest BCUT2D eigenvalue weighted by atomic mass is 16.5. The summed E-state index contributed by atoms with van der Waals surface area (Å²) in [6, 6.07) is 16.9. The van der Waals surface area contributed by atoms with E-state index in [-0.39, 0.29) is 5.92 Å². The summed E-state index contributed by atoms with van der Waals surface area (Å²) in [5.74, 6) is 2.11. The number of rotatable bonds is 7. The zero-order valence-electron chi connectivity index (χ0n) is 17.6. The van der Waals surface area contributed by atoms with Gasteiger partial charge in [-0.25, -0.2) is 0 Å². The number of ether oxygens (including phenoxy) is 1. The Morgan fingerprint density at radius 3 is 2.59 bits per heavy atom. The summed E-state index contributed by atoms with van der Waals surface area (Å²) in [6.45, 7) is 6.18. The number of carbonyl (C=O) groups excluding carboxylic acids is 1. The molecule has 1 fully saturated rings.